The van der Waals surface area contributed by atoms with Gasteiger partial charge in [0.05, 0.1) is 20.6 Å². The number of quaternary nitrogens is 1. The molecule has 4 nitrogen and oxygen atoms in total. The number of rotatable bonds is 1. The van der Waals surface area contributed by atoms with E-state index >= 15 is 0 Å². The van der Waals surface area contributed by atoms with Crippen molar-refractivity contribution in [2.75, 3.05) is 0 Å². The Bertz CT molecular complexity index is 625. The molecule has 0 spiro atoms. The van der Waals surface area contributed by atoms with Crippen molar-refractivity contribution in [2.45, 2.75) is 9.79 Å². The van der Waals surface area contributed by atoms with Crippen LogP contribution in [0.3, 0.4) is 0 Å². The summed E-state index contributed by atoms with van der Waals surface area (Å²) in [7, 11) is -1.26. The van der Waals surface area contributed by atoms with Crippen molar-refractivity contribution in [3.05, 3.63) is 47.7 Å². The molecule has 0 aromatic heterocycles. The van der Waals surface area contributed by atoms with Crippen LogP contribution in [-0.4, -0.2) is 9.42 Å². The van der Waals surface area contributed by atoms with Crippen LogP contribution >= 0.6 is 0 Å². The fourth-order valence-corrected chi connectivity index (χ4v) is 3.43. The smallest absolute Gasteiger partial charge is 0.165 e. The lowest BCUT2D eigenvalue weighted by molar-refractivity contribution is -0.991. The largest absolute Gasteiger partial charge is 0.595 e. The molecule has 2 atom stereocenters. The number of fused-ring (bicyclic) bond motifs is 3. The molecule has 1 heterocycles. The van der Waals surface area contributed by atoms with E-state index in [4.69, 9.17) is 5.21 Å². The van der Waals surface area contributed by atoms with Crippen LogP contribution < -0.4 is 5.23 Å². The first-order chi connectivity index (χ1) is 8.18. The molecule has 1 aliphatic heterocycles. The molecule has 0 fully saturated rings. The van der Waals surface area contributed by atoms with Gasteiger partial charge in [-0.05, 0) is 23.3 Å². The molecule has 17 heavy (non-hydrogen) atoms. The molecule has 2 aromatic carbocycles. The van der Waals surface area contributed by atoms with Crippen LogP contribution in [0, 0.1) is 5.21 Å². The number of hydrogen-bond donors (Lipinski definition) is 2. The summed E-state index contributed by atoms with van der Waals surface area (Å²) in [6.45, 7) is 0. The fourth-order valence-electron chi connectivity index (χ4n) is 2.00. The van der Waals surface area contributed by atoms with Gasteiger partial charge in [0.1, 0.15) is 0 Å². The molecule has 0 amide bonds. The van der Waals surface area contributed by atoms with Crippen molar-refractivity contribution in [3.63, 3.8) is 0 Å². The zero-order chi connectivity index (χ0) is 12.0. The van der Waals surface area contributed by atoms with Crippen LogP contribution in [0.5, 0.6) is 0 Å². The van der Waals surface area contributed by atoms with E-state index in [0.29, 0.717) is 4.90 Å². The van der Waals surface area contributed by atoms with Crippen molar-refractivity contribution < 1.29 is 14.6 Å². The number of nitrogens with one attached hydrogen (secondary N) is 1. The summed E-state index contributed by atoms with van der Waals surface area (Å²) in [5.41, 5.74) is 1.96. The summed E-state index contributed by atoms with van der Waals surface area (Å²) in [5, 5.41) is 18.8. The van der Waals surface area contributed by atoms with Crippen LogP contribution in [0.1, 0.15) is 0 Å². The Kier molecular flexibility index (Phi) is 2.34. The normalized spacial score (nSPS) is 18.6. The first-order valence-electron chi connectivity index (χ1n) is 5.07. The average Bonchev–Trinajstić information content (AvgIpc) is 2.64. The summed E-state index contributed by atoms with van der Waals surface area (Å²) < 4.78 is 12.2. The van der Waals surface area contributed by atoms with Gasteiger partial charge in [-0.15, -0.1) is 0 Å². The molecule has 0 bridgehead atoms. The Morgan fingerprint density at radius 1 is 1.06 bits per heavy atom. The minimum absolute atomic E-state index is 0.171. The van der Waals surface area contributed by atoms with Crippen LogP contribution in [0.15, 0.2) is 52.3 Å². The predicted octanol–water partition coefficient (Wildman–Crippen LogP) is 1.24. The van der Waals surface area contributed by atoms with Crippen molar-refractivity contribution in [3.8, 4) is 11.1 Å². The zero-order valence-electron chi connectivity index (χ0n) is 8.71. The van der Waals surface area contributed by atoms with E-state index in [9.17, 15) is 9.42 Å². The van der Waals surface area contributed by atoms with Gasteiger partial charge in [0.25, 0.3) is 0 Å². The molecular formula is C12H9NO3S. The second kappa shape index (κ2) is 3.75. The summed E-state index contributed by atoms with van der Waals surface area (Å²) in [4.78, 5) is 1.34. The van der Waals surface area contributed by atoms with Gasteiger partial charge >= 0.3 is 0 Å². The van der Waals surface area contributed by atoms with E-state index in [0.717, 1.165) is 16.0 Å². The minimum Gasteiger partial charge on any atom is -0.595 e. The molecule has 0 saturated heterocycles. The highest BCUT2D eigenvalue weighted by molar-refractivity contribution is 7.85. The molecule has 0 saturated carbocycles. The zero-order valence-corrected chi connectivity index (χ0v) is 9.53. The second-order valence-electron chi connectivity index (χ2n) is 3.78. The number of hydrogen-bond acceptors (Lipinski definition) is 3. The van der Waals surface area contributed by atoms with Gasteiger partial charge in [-0.1, -0.05) is 18.2 Å². The Labute approximate surface area is 100 Å². The summed E-state index contributed by atoms with van der Waals surface area (Å²) in [6.07, 6.45) is 0. The van der Waals surface area contributed by atoms with Gasteiger partial charge in [0, 0.05) is 12.1 Å². The minimum atomic E-state index is -1.26. The first-order valence-corrected chi connectivity index (χ1v) is 6.22. The van der Waals surface area contributed by atoms with Gasteiger partial charge in [-0.2, -0.15) is 5.23 Å². The topological polar surface area (TPSA) is 64.8 Å². The molecule has 2 unspecified atom stereocenters. The number of benzene rings is 2. The lowest BCUT2D eigenvalue weighted by Crippen LogP contribution is -2.99. The monoisotopic (exact) mass is 247 g/mol. The van der Waals surface area contributed by atoms with Gasteiger partial charge in [0.2, 0.25) is 0 Å². The van der Waals surface area contributed by atoms with Gasteiger partial charge < -0.3 is 5.21 Å². The highest BCUT2D eigenvalue weighted by Gasteiger charge is 2.26. The molecule has 2 aromatic rings. The van der Waals surface area contributed by atoms with Crippen molar-refractivity contribution in [2.24, 2.45) is 0 Å². The van der Waals surface area contributed by atoms with Gasteiger partial charge in [-0.3, -0.25) is 0 Å². The fraction of sp³-hybridized carbons (Fsp3) is 0. The predicted molar refractivity (Wildman–Crippen MR) is 62.3 cm³/mol. The lowest BCUT2D eigenvalue weighted by Gasteiger charge is -2.12. The van der Waals surface area contributed by atoms with Crippen LogP contribution in [0.4, 0.5) is 5.69 Å². The van der Waals surface area contributed by atoms with Crippen molar-refractivity contribution in [1.29, 1.82) is 0 Å². The van der Waals surface area contributed by atoms with E-state index in [1.165, 1.54) is 6.07 Å². The average molecular weight is 247 g/mol. The Morgan fingerprint density at radius 2 is 1.76 bits per heavy atom. The van der Waals surface area contributed by atoms with E-state index in [1.807, 2.05) is 24.3 Å². The first kappa shape index (κ1) is 10.6. The van der Waals surface area contributed by atoms with E-state index in [-0.39, 0.29) is 5.69 Å². The van der Waals surface area contributed by atoms with E-state index in [1.54, 1.807) is 12.1 Å². The molecule has 0 aliphatic carbocycles. The van der Waals surface area contributed by atoms with Crippen molar-refractivity contribution in [1.82, 2.24) is 0 Å². The SMILES string of the molecule is O=S1c2ccccc2-c2ccc([NH+]([O-])O)cc21. The second-order valence-corrected chi connectivity index (χ2v) is 5.20. The third-order valence-corrected chi connectivity index (χ3v) is 4.30. The van der Waals surface area contributed by atoms with E-state index < -0.39 is 16.0 Å². The Balaban J connectivity index is 2.24. The standard InChI is InChI=1S/C12H9NO3S/c14-13(15)8-5-6-10-9-3-1-2-4-11(9)17(16)12(10)7-8/h1-7,13-14H. The quantitative estimate of drug-likeness (QED) is 0.636. The van der Waals surface area contributed by atoms with E-state index in [2.05, 4.69) is 0 Å². The molecule has 0 radical (unpaired) electrons. The molecular weight excluding hydrogens is 238 g/mol. The molecule has 5 heteroatoms. The summed E-state index contributed by atoms with van der Waals surface area (Å²) in [6, 6.07) is 12.2. The molecule has 3 rings (SSSR count). The maximum atomic E-state index is 12.2. The summed E-state index contributed by atoms with van der Waals surface area (Å²) in [5.74, 6) is 0. The summed E-state index contributed by atoms with van der Waals surface area (Å²) >= 11 is 0. The molecule has 1 aliphatic rings. The Morgan fingerprint density at radius 3 is 2.53 bits per heavy atom. The third kappa shape index (κ3) is 1.52. The van der Waals surface area contributed by atoms with Crippen LogP contribution in [-0.2, 0) is 10.8 Å². The van der Waals surface area contributed by atoms with Crippen molar-refractivity contribution >= 4 is 16.5 Å². The van der Waals surface area contributed by atoms with Crippen LogP contribution in [0.25, 0.3) is 11.1 Å². The van der Waals surface area contributed by atoms with Gasteiger partial charge in [-0.25, -0.2) is 9.42 Å². The highest BCUT2D eigenvalue weighted by atomic mass is 32.2. The maximum Gasteiger partial charge on any atom is 0.165 e. The highest BCUT2D eigenvalue weighted by Crippen LogP contribution is 2.40. The Hall–Kier alpha value is -1.53. The molecule has 86 valence electrons. The van der Waals surface area contributed by atoms with Crippen LogP contribution in [0.2, 0.25) is 0 Å². The molecule has 2 N–H and O–H groups in total. The van der Waals surface area contributed by atoms with Gasteiger partial charge in [0.15, 0.2) is 5.69 Å². The third-order valence-electron chi connectivity index (χ3n) is 2.81. The maximum absolute atomic E-state index is 12.2. The lowest BCUT2D eigenvalue weighted by atomic mass is 10.1.